The van der Waals surface area contributed by atoms with Crippen molar-refractivity contribution in [1.29, 1.82) is 5.26 Å². The van der Waals surface area contributed by atoms with Gasteiger partial charge in [-0.05, 0) is 37.5 Å². The smallest absolute Gasteiger partial charge is 0.311 e. The van der Waals surface area contributed by atoms with Gasteiger partial charge in [0.1, 0.15) is 6.07 Å². The molecule has 0 amide bonds. The molecular weight excluding hydrogens is 316 g/mol. The first-order valence-corrected chi connectivity index (χ1v) is 9.05. The summed E-state index contributed by atoms with van der Waals surface area (Å²) in [5.41, 5.74) is 0.651. The second-order valence-corrected chi connectivity index (χ2v) is 7.48. The number of hydrogen-bond acceptors (Lipinski definition) is 5. The summed E-state index contributed by atoms with van der Waals surface area (Å²) >= 11 is 0. The zero-order valence-corrected chi connectivity index (χ0v) is 13.9. The van der Waals surface area contributed by atoms with Crippen molar-refractivity contribution in [2.45, 2.75) is 43.6 Å². The minimum atomic E-state index is -3.46. The number of hydrogen-bond donors (Lipinski definition) is 0. The second-order valence-electron chi connectivity index (χ2n) is 5.55. The van der Waals surface area contributed by atoms with E-state index in [4.69, 9.17) is 10.00 Å². The summed E-state index contributed by atoms with van der Waals surface area (Å²) in [6, 6.07) is 8.06. The molecule has 1 aromatic carbocycles. The maximum atomic E-state index is 12.5. The molecule has 1 saturated heterocycles. The fourth-order valence-corrected chi connectivity index (χ4v) is 3.98. The Morgan fingerprint density at radius 1 is 1.26 bits per heavy atom. The first-order chi connectivity index (χ1) is 10.9. The van der Waals surface area contributed by atoms with Crippen LogP contribution in [0.1, 0.15) is 31.7 Å². The van der Waals surface area contributed by atoms with Crippen molar-refractivity contribution in [2.24, 2.45) is 0 Å². The Balaban J connectivity index is 2.04. The molecular formula is C16H20N2O4S. The number of carbonyl (C=O) groups is 1. The third kappa shape index (κ3) is 4.53. The summed E-state index contributed by atoms with van der Waals surface area (Å²) in [5.74, 6) is -0.509. The number of carbonyl (C=O) groups excluding carboxylic acids is 1. The van der Waals surface area contributed by atoms with Crippen LogP contribution in [0.2, 0.25) is 0 Å². The lowest BCUT2D eigenvalue weighted by Gasteiger charge is -2.25. The van der Waals surface area contributed by atoms with Crippen LogP contribution in [0.25, 0.3) is 0 Å². The van der Waals surface area contributed by atoms with E-state index in [-0.39, 0.29) is 11.3 Å². The van der Waals surface area contributed by atoms with Gasteiger partial charge in [0, 0.05) is 13.1 Å². The molecule has 2 rings (SSSR count). The van der Waals surface area contributed by atoms with Gasteiger partial charge in [-0.2, -0.15) is 9.57 Å². The van der Waals surface area contributed by atoms with Gasteiger partial charge in [0.15, 0.2) is 6.10 Å². The fourth-order valence-electron chi connectivity index (χ4n) is 2.47. The van der Waals surface area contributed by atoms with E-state index in [1.807, 2.05) is 6.07 Å². The van der Waals surface area contributed by atoms with Crippen molar-refractivity contribution < 1.29 is 17.9 Å². The van der Waals surface area contributed by atoms with E-state index in [0.717, 1.165) is 19.3 Å². The van der Waals surface area contributed by atoms with Crippen LogP contribution >= 0.6 is 0 Å². The van der Waals surface area contributed by atoms with Crippen LogP contribution in [0, 0.1) is 11.3 Å². The molecule has 0 saturated carbocycles. The molecule has 0 unspecified atom stereocenters. The van der Waals surface area contributed by atoms with Crippen LogP contribution < -0.4 is 0 Å². The highest BCUT2D eigenvalue weighted by Crippen LogP contribution is 2.21. The van der Waals surface area contributed by atoms with Crippen molar-refractivity contribution in [1.82, 2.24) is 4.31 Å². The van der Waals surface area contributed by atoms with Gasteiger partial charge in [-0.15, -0.1) is 0 Å². The zero-order chi connectivity index (χ0) is 16.9. The molecule has 6 nitrogen and oxygen atoms in total. The van der Waals surface area contributed by atoms with Crippen molar-refractivity contribution in [3.05, 3.63) is 29.8 Å². The number of esters is 1. The molecule has 1 aliphatic rings. The molecule has 1 aromatic rings. The van der Waals surface area contributed by atoms with Gasteiger partial charge in [-0.25, -0.2) is 8.42 Å². The van der Waals surface area contributed by atoms with Crippen molar-refractivity contribution in [3.8, 4) is 6.07 Å². The first-order valence-electron chi connectivity index (χ1n) is 7.61. The van der Waals surface area contributed by atoms with E-state index in [0.29, 0.717) is 18.7 Å². The highest BCUT2D eigenvalue weighted by atomic mass is 32.2. The number of rotatable bonds is 5. The SMILES string of the molecule is C[C@H](C#N)OC(=O)Cc1ccc(S(=O)(=O)N2CCCCC2)cc1. The largest absolute Gasteiger partial charge is 0.447 e. The Hall–Kier alpha value is -1.91. The number of nitrogens with zero attached hydrogens (tertiary/aromatic N) is 2. The monoisotopic (exact) mass is 336 g/mol. The molecule has 0 aliphatic carbocycles. The Morgan fingerprint density at radius 2 is 1.87 bits per heavy atom. The fraction of sp³-hybridized carbons (Fsp3) is 0.500. The van der Waals surface area contributed by atoms with Gasteiger partial charge in [-0.3, -0.25) is 4.79 Å². The molecule has 0 N–H and O–H groups in total. The predicted molar refractivity (Wildman–Crippen MR) is 83.9 cm³/mol. The highest BCUT2D eigenvalue weighted by molar-refractivity contribution is 7.89. The number of sulfonamides is 1. The molecule has 0 spiro atoms. The topological polar surface area (TPSA) is 87.5 Å². The Morgan fingerprint density at radius 3 is 2.43 bits per heavy atom. The average Bonchev–Trinajstić information content (AvgIpc) is 2.56. The van der Waals surface area contributed by atoms with Crippen molar-refractivity contribution in [2.75, 3.05) is 13.1 Å². The van der Waals surface area contributed by atoms with Crippen LogP contribution in [0.15, 0.2) is 29.2 Å². The normalized spacial score (nSPS) is 17.2. The van der Waals surface area contributed by atoms with E-state index in [9.17, 15) is 13.2 Å². The van der Waals surface area contributed by atoms with Crippen LogP contribution in [0.4, 0.5) is 0 Å². The van der Waals surface area contributed by atoms with Crippen LogP contribution in [0.3, 0.4) is 0 Å². The number of piperidine rings is 1. The molecule has 7 heteroatoms. The summed E-state index contributed by atoms with van der Waals surface area (Å²) in [4.78, 5) is 11.8. The van der Waals surface area contributed by atoms with Gasteiger partial charge in [0.2, 0.25) is 10.0 Å². The van der Waals surface area contributed by atoms with Gasteiger partial charge in [-0.1, -0.05) is 18.6 Å². The lowest BCUT2D eigenvalue weighted by molar-refractivity contribution is -0.145. The summed E-state index contributed by atoms with van der Waals surface area (Å²) < 4.78 is 31.4. The maximum absolute atomic E-state index is 12.5. The minimum Gasteiger partial charge on any atom is -0.447 e. The van der Waals surface area contributed by atoms with E-state index < -0.39 is 22.1 Å². The van der Waals surface area contributed by atoms with Gasteiger partial charge < -0.3 is 4.74 Å². The number of ether oxygens (including phenoxy) is 1. The van der Waals surface area contributed by atoms with Crippen molar-refractivity contribution in [3.63, 3.8) is 0 Å². The van der Waals surface area contributed by atoms with Crippen LogP contribution in [0.5, 0.6) is 0 Å². The Kier molecular flexibility index (Phi) is 5.74. The minimum absolute atomic E-state index is 0.00998. The number of benzene rings is 1. The first kappa shape index (κ1) is 17.4. The molecule has 124 valence electrons. The van der Waals surface area contributed by atoms with Gasteiger partial charge in [0.05, 0.1) is 11.3 Å². The molecule has 1 fully saturated rings. The molecule has 1 heterocycles. The third-order valence-corrected chi connectivity index (χ3v) is 5.63. The quantitative estimate of drug-likeness (QED) is 0.766. The maximum Gasteiger partial charge on any atom is 0.311 e. The lowest BCUT2D eigenvalue weighted by Crippen LogP contribution is -2.35. The van der Waals surface area contributed by atoms with E-state index in [1.165, 1.54) is 23.4 Å². The predicted octanol–water partition coefficient (Wildman–Crippen LogP) is 1.86. The molecule has 0 bridgehead atoms. The van der Waals surface area contributed by atoms with Crippen LogP contribution in [-0.4, -0.2) is 37.9 Å². The Bertz CT molecular complexity index is 686. The van der Waals surface area contributed by atoms with E-state index in [1.54, 1.807) is 12.1 Å². The molecule has 0 radical (unpaired) electrons. The Labute approximate surface area is 136 Å². The summed E-state index contributed by atoms with van der Waals surface area (Å²) in [7, 11) is -3.46. The van der Waals surface area contributed by atoms with Gasteiger partial charge in [0.25, 0.3) is 0 Å². The standard InChI is InChI=1S/C16H20N2O4S/c1-13(12-17)22-16(19)11-14-5-7-15(8-6-14)23(20,21)18-9-3-2-4-10-18/h5-8,13H,2-4,9-11H2,1H3/t13-/m1/s1. The second kappa shape index (κ2) is 7.57. The molecule has 23 heavy (non-hydrogen) atoms. The molecule has 1 aliphatic heterocycles. The number of nitriles is 1. The van der Waals surface area contributed by atoms with Crippen molar-refractivity contribution >= 4 is 16.0 Å². The molecule has 1 atom stereocenters. The summed E-state index contributed by atoms with van der Waals surface area (Å²) in [6.07, 6.45) is 2.06. The highest BCUT2D eigenvalue weighted by Gasteiger charge is 2.25. The average molecular weight is 336 g/mol. The molecule has 0 aromatic heterocycles. The van der Waals surface area contributed by atoms with Crippen LogP contribution in [-0.2, 0) is 26.0 Å². The lowest BCUT2D eigenvalue weighted by atomic mass is 10.1. The third-order valence-electron chi connectivity index (χ3n) is 3.71. The summed E-state index contributed by atoms with van der Waals surface area (Å²) in [5, 5.41) is 8.60. The van der Waals surface area contributed by atoms with E-state index >= 15 is 0 Å². The van der Waals surface area contributed by atoms with E-state index in [2.05, 4.69) is 0 Å². The zero-order valence-electron chi connectivity index (χ0n) is 13.1. The summed E-state index contributed by atoms with van der Waals surface area (Å²) in [6.45, 7) is 2.61. The van der Waals surface area contributed by atoms with Gasteiger partial charge >= 0.3 is 5.97 Å².